The highest BCUT2D eigenvalue weighted by Gasteiger charge is 2.25. The Bertz CT molecular complexity index is 448. The van der Waals surface area contributed by atoms with Crippen molar-refractivity contribution < 1.29 is 9.53 Å². The Hall–Kier alpha value is -1.26. The molecule has 1 aliphatic rings. The number of carbonyl (C=O) groups is 1. The number of halogens is 1. The van der Waals surface area contributed by atoms with Crippen LogP contribution in [0, 0.1) is 5.92 Å². The number of piperazine rings is 1. The third kappa shape index (κ3) is 4.12. The molecule has 1 heterocycles. The fourth-order valence-corrected chi connectivity index (χ4v) is 2.34. The van der Waals surface area contributed by atoms with Crippen LogP contribution < -0.4 is 10.1 Å². The van der Waals surface area contributed by atoms with Crippen molar-refractivity contribution in [3.05, 3.63) is 29.3 Å². The maximum absolute atomic E-state index is 12.2. The predicted molar refractivity (Wildman–Crippen MR) is 80.2 cm³/mol. The Labute approximate surface area is 125 Å². The van der Waals surface area contributed by atoms with Crippen LogP contribution in [0.2, 0.25) is 5.02 Å². The number of ether oxygens (including phenoxy) is 1. The summed E-state index contributed by atoms with van der Waals surface area (Å²) < 4.78 is 5.50. The lowest BCUT2D eigenvalue weighted by Crippen LogP contribution is -2.55. The van der Waals surface area contributed by atoms with Crippen molar-refractivity contribution in [2.45, 2.75) is 19.9 Å². The van der Waals surface area contributed by atoms with E-state index in [0.717, 1.165) is 19.6 Å². The van der Waals surface area contributed by atoms with Gasteiger partial charge in [-0.3, -0.25) is 4.79 Å². The molecule has 4 nitrogen and oxygen atoms in total. The Kier molecular flexibility index (Phi) is 5.26. The maximum atomic E-state index is 12.2. The third-order valence-corrected chi connectivity index (χ3v) is 3.79. The number of rotatable bonds is 4. The number of hydrogen-bond acceptors (Lipinski definition) is 3. The molecule has 1 saturated heterocycles. The van der Waals surface area contributed by atoms with E-state index in [0.29, 0.717) is 22.7 Å². The summed E-state index contributed by atoms with van der Waals surface area (Å²) in [4.78, 5) is 14.0. The smallest absolute Gasteiger partial charge is 0.260 e. The Balaban J connectivity index is 1.83. The van der Waals surface area contributed by atoms with Crippen molar-refractivity contribution >= 4 is 17.5 Å². The van der Waals surface area contributed by atoms with Crippen LogP contribution in [0.5, 0.6) is 5.75 Å². The number of amides is 1. The number of benzene rings is 1. The molecule has 1 fully saturated rings. The molecule has 0 radical (unpaired) electrons. The summed E-state index contributed by atoms with van der Waals surface area (Å²) >= 11 is 5.80. The molecule has 1 amide bonds. The molecular weight excluding hydrogens is 276 g/mol. The molecule has 2 rings (SSSR count). The lowest BCUT2D eigenvalue weighted by Gasteiger charge is -2.35. The second-order valence-electron chi connectivity index (χ2n) is 5.39. The molecule has 0 saturated carbocycles. The van der Waals surface area contributed by atoms with E-state index in [-0.39, 0.29) is 12.5 Å². The summed E-state index contributed by atoms with van der Waals surface area (Å²) in [6.07, 6.45) is 0. The summed E-state index contributed by atoms with van der Waals surface area (Å²) in [7, 11) is 0. The molecule has 1 unspecified atom stereocenters. The first-order valence-corrected chi connectivity index (χ1v) is 7.33. The van der Waals surface area contributed by atoms with Crippen molar-refractivity contribution in [3.63, 3.8) is 0 Å². The van der Waals surface area contributed by atoms with E-state index in [9.17, 15) is 4.79 Å². The second-order valence-corrected chi connectivity index (χ2v) is 5.82. The van der Waals surface area contributed by atoms with Gasteiger partial charge in [0.2, 0.25) is 0 Å². The molecule has 1 aliphatic heterocycles. The minimum atomic E-state index is 0.0344. The van der Waals surface area contributed by atoms with Gasteiger partial charge in [0.1, 0.15) is 5.75 Å². The van der Waals surface area contributed by atoms with Gasteiger partial charge in [-0.15, -0.1) is 0 Å². The Morgan fingerprint density at radius 3 is 2.80 bits per heavy atom. The highest BCUT2D eigenvalue weighted by Crippen LogP contribution is 2.16. The van der Waals surface area contributed by atoms with Crippen molar-refractivity contribution in [2.24, 2.45) is 5.92 Å². The first kappa shape index (κ1) is 15.1. The fraction of sp³-hybridized carbons (Fsp3) is 0.533. The van der Waals surface area contributed by atoms with Gasteiger partial charge < -0.3 is 15.0 Å². The molecule has 0 bridgehead atoms. The monoisotopic (exact) mass is 296 g/mol. The zero-order valence-corrected chi connectivity index (χ0v) is 12.7. The zero-order chi connectivity index (χ0) is 14.5. The molecule has 5 heteroatoms. The van der Waals surface area contributed by atoms with Crippen molar-refractivity contribution in [2.75, 3.05) is 26.2 Å². The third-order valence-electron chi connectivity index (χ3n) is 3.54. The van der Waals surface area contributed by atoms with Gasteiger partial charge in [-0.25, -0.2) is 0 Å². The zero-order valence-electron chi connectivity index (χ0n) is 11.9. The molecule has 20 heavy (non-hydrogen) atoms. The van der Waals surface area contributed by atoms with Gasteiger partial charge in [-0.1, -0.05) is 25.4 Å². The Morgan fingerprint density at radius 1 is 1.45 bits per heavy atom. The van der Waals surface area contributed by atoms with Gasteiger partial charge in [0.25, 0.3) is 5.91 Å². The minimum absolute atomic E-state index is 0.0344. The second kappa shape index (κ2) is 6.95. The summed E-state index contributed by atoms with van der Waals surface area (Å²) in [6, 6.07) is 7.40. The van der Waals surface area contributed by atoms with E-state index in [1.54, 1.807) is 24.3 Å². The van der Waals surface area contributed by atoms with Crippen LogP contribution >= 0.6 is 11.6 Å². The van der Waals surface area contributed by atoms with E-state index >= 15 is 0 Å². The van der Waals surface area contributed by atoms with Crippen molar-refractivity contribution in [1.82, 2.24) is 10.2 Å². The van der Waals surface area contributed by atoms with E-state index in [1.165, 1.54) is 0 Å². The number of nitrogens with zero attached hydrogens (tertiary/aromatic N) is 1. The first-order valence-electron chi connectivity index (χ1n) is 6.96. The number of nitrogens with one attached hydrogen (secondary N) is 1. The first-order chi connectivity index (χ1) is 9.56. The molecule has 0 aliphatic carbocycles. The lowest BCUT2D eigenvalue weighted by molar-refractivity contribution is -0.134. The van der Waals surface area contributed by atoms with Crippen LogP contribution in [0.3, 0.4) is 0 Å². The van der Waals surface area contributed by atoms with Gasteiger partial charge >= 0.3 is 0 Å². The average Bonchev–Trinajstić information content (AvgIpc) is 2.46. The molecule has 0 aromatic heterocycles. The van der Waals surface area contributed by atoms with E-state index in [1.807, 2.05) is 4.90 Å². The molecule has 1 N–H and O–H groups in total. The number of hydrogen-bond donors (Lipinski definition) is 1. The normalized spacial score (nSPS) is 19.2. The van der Waals surface area contributed by atoms with E-state index in [4.69, 9.17) is 16.3 Å². The number of carbonyl (C=O) groups excluding carboxylic acids is 1. The quantitative estimate of drug-likeness (QED) is 0.926. The summed E-state index contributed by atoms with van der Waals surface area (Å²) in [5.41, 5.74) is 0. The largest absolute Gasteiger partial charge is 0.484 e. The van der Waals surface area contributed by atoms with Crippen LogP contribution in [0.4, 0.5) is 0 Å². The van der Waals surface area contributed by atoms with Crippen LogP contribution in [0.25, 0.3) is 0 Å². The van der Waals surface area contributed by atoms with E-state index < -0.39 is 0 Å². The van der Waals surface area contributed by atoms with Gasteiger partial charge in [0, 0.05) is 30.7 Å². The fourth-order valence-electron chi connectivity index (χ4n) is 2.22. The van der Waals surface area contributed by atoms with Crippen LogP contribution in [-0.4, -0.2) is 43.1 Å². The van der Waals surface area contributed by atoms with Crippen LogP contribution in [0.1, 0.15) is 13.8 Å². The minimum Gasteiger partial charge on any atom is -0.484 e. The summed E-state index contributed by atoms with van der Waals surface area (Å²) in [6.45, 7) is 6.74. The SMILES string of the molecule is CC(C)C1CN(C(=O)COc2ccc(Cl)cc2)CCN1. The van der Waals surface area contributed by atoms with Crippen molar-refractivity contribution in [1.29, 1.82) is 0 Å². The molecule has 1 aromatic carbocycles. The highest BCUT2D eigenvalue weighted by atomic mass is 35.5. The topological polar surface area (TPSA) is 41.6 Å². The van der Waals surface area contributed by atoms with Gasteiger partial charge in [-0.05, 0) is 30.2 Å². The van der Waals surface area contributed by atoms with Crippen LogP contribution in [0.15, 0.2) is 24.3 Å². The average molecular weight is 297 g/mol. The molecule has 0 spiro atoms. The molecule has 110 valence electrons. The van der Waals surface area contributed by atoms with Gasteiger partial charge in [0.15, 0.2) is 6.61 Å². The van der Waals surface area contributed by atoms with Gasteiger partial charge in [-0.2, -0.15) is 0 Å². The van der Waals surface area contributed by atoms with E-state index in [2.05, 4.69) is 19.2 Å². The van der Waals surface area contributed by atoms with Crippen LogP contribution in [-0.2, 0) is 4.79 Å². The predicted octanol–water partition coefficient (Wildman–Crippen LogP) is 2.18. The maximum Gasteiger partial charge on any atom is 0.260 e. The molecule has 1 aromatic rings. The van der Waals surface area contributed by atoms with Gasteiger partial charge in [0.05, 0.1) is 0 Å². The molecule has 1 atom stereocenters. The summed E-state index contributed by atoms with van der Waals surface area (Å²) in [5.74, 6) is 1.22. The highest BCUT2D eigenvalue weighted by molar-refractivity contribution is 6.30. The lowest BCUT2D eigenvalue weighted by atomic mass is 10.0. The Morgan fingerprint density at radius 2 is 2.15 bits per heavy atom. The summed E-state index contributed by atoms with van der Waals surface area (Å²) in [5, 5.41) is 4.09. The van der Waals surface area contributed by atoms with Crippen molar-refractivity contribution in [3.8, 4) is 5.75 Å². The standard InChI is InChI=1S/C15H21ClN2O2/c1-11(2)14-9-18(8-7-17-14)15(19)10-20-13-5-3-12(16)4-6-13/h3-6,11,14,17H,7-10H2,1-2H3. The molecular formula is C15H21ClN2O2.